The summed E-state index contributed by atoms with van der Waals surface area (Å²) in [6.45, 7) is 5.97. The van der Waals surface area contributed by atoms with Crippen LogP contribution in [0, 0.1) is 5.92 Å². The summed E-state index contributed by atoms with van der Waals surface area (Å²) in [4.78, 5) is 26.6. The Balaban J connectivity index is 1.50. The molecule has 0 spiro atoms. The Kier molecular flexibility index (Phi) is 7.49. The summed E-state index contributed by atoms with van der Waals surface area (Å²) in [5.74, 6) is -0.115. The number of piperidine rings is 1. The fourth-order valence-electron chi connectivity index (χ4n) is 3.75. The van der Waals surface area contributed by atoms with Gasteiger partial charge in [0.1, 0.15) is 0 Å². The smallest absolute Gasteiger partial charge is 0.251 e. The third kappa shape index (κ3) is 5.80. The number of sulfonamides is 1. The number of carbonyl (C=O) groups excluding carboxylic acids is 2. The summed E-state index contributed by atoms with van der Waals surface area (Å²) in [6.07, 6.45) is 3.15. The third-order valence-corrected chi connectivity index (χ3v) is 7.03. The summed E-state index contributed by atoms with van der Waals surface area (Å²) >= 11 is 0. The first-order valence-electron chi connectivity index (χ1n) is 10.6. The predicted molar refractivity (Wildman–Crippen MR) is 113 cm³/mol. The Morgan fingerprint density at radius 1 is 1.13 bits per heavy atom. The van der Waals surface area contributed by atoms with Crippen molar-refractivity contribution in [1.29, 1.82) is 0 Å². The van der Waals surface area contributed by atoms with Gasteiger partial charge in [0.2, 0.25) is 15.9 Å². The molecular weight excluding hydrogens is 406 g/mol. The highest BCUT2D eigenvalue weighted by molar-refractivity contribution is 7.89. The van der Waals surface area contributed by atoms with Crippen LogP contribution in [0.5, 0.6) is 0 Å². The largest absolute Gasteiger partial charge is 0.377 e. The molecule has 2 heterocycles. The number of hydrogen-bond donors (Lipinski definition) is 2. The maximum atomic E-state index is 12.5. The highest BCUT2D eigenvalue weighted by Crippen LogP contribution is 2.16. The second kappa shape index (κ2) is 9.89. The molecule has 1 unspecified atom stereocenters. The molecule has 9 heteroatoms. The van der Waals surface area contributed by atoms with Crippen LogP contribution < -0.4 is 10.0 Å². The molecule has 1 aromatic rings. The van der Waals surface area contributed by atoms with Gasteiger partial charge >= 0.3 is 0 Å². The van der Waals surface area contributed by atoms with Crippen LogP contribution in [0.25, 0.3) is 0 Å². The molecule has 0 radical (unpaired) electrons. The van der Waals surface area contributed by atoms with Gasteiger partial charge in [0.25, 0.3) is 5.91 Å². The predicted octanol–water partition coefficient (Wildman–Crippen LogP) is 1.52. The molecule has 2 N–H and O–H groups in total. The molecule has 2 saturated heterocycles. The van der Waals surface area contributed by atoms with Gasteiger partial charge in [-0.2, -0.15) is 0 Å². The molecule has 2 amide bonds. The summed E-state index contributed by atoms with van der Waals surface area (Å²) in [5, 5.41) is 2.99. The van der Waals surface area contributed by atoms with Crippen molar-refractivity contribution in [2.45, 2.75) is 56.6 Å². The summed E-state index contributed by atoms with van der Waals surface area (Å²) in [7, 11) is -3.64. The van der Waals surface area contributed by atoms with Gasteiger partial charge < -0.3 is 15.0 Å². The molecule has 0 aromatic heterocycles. The first kappa shape index (κ1) is 22.7. The van der Waals surface area contributed by atoms with E-state index in [0.29, 0.717) is 38.1 Å². The van der Waals surface area contributed by atoms with E-state index in [1.807, 2.05) is 18.7 Å². The van der Waals surface area contributed by atoms with Crippen LogP contribution in [0.1, 0.15) is 49.9 Å². The number of hydrogen-bond acceptors (Lipinski definition) is 5. The molecule has 8 nitrogen and oxygen atoms in total. The van der Waals surface area contributed by atoms with Gasteiger partial charge in [0, 0.05) is 43.8 Å². The standard InChI is InChI=1S/C21H31N3O5S/c1-15(2)21(26)24-11-9-17(10-12-24)23-20(25)16-5-7-19(8-6-16)30(27,28)22-14-18-4-3-13-29-18/h5-8,15,17-18,22H,3-4,9-14H2,1-2H3,(H,23,25). The van der Waals surface area contributed by atoms with E-state index in [1.54, 1.807) is 0 Å². The van der Waals surface area contributed by atoms with Crippen molar-refractivity contribution < 1.29 is 22.7 Å². The minimum atomic E-state index is -3.64. The van der Waals surface area contributed by atoms with Crippen molar-refractivity contribution in [2.75, 3.05) is 26.2 Å². The lowest BCUT2D eigenvalue weighted by Gasteiger charge is -2.33. The molecule has 0 saturated carbocycles. The van der Waals surface area contributed by atoms with Crippen molar-refractivity contribution in [2.24, 2.45) is 5.92 Å². The monoisotopic (exact) mass is 437 g/mol. The molecule has 1 aromatic carbocycles. The van der Waals surface area contributed by atoms with Gasteiger partial charge in [-0.05, 0) is 49.9 Å². The van der Waals surface area contributed by atoms with Crippen LogP contribution in [0.15, 0.2) is 29.2 Å². The Bertz CT molecular complexity index is 840. The van der Waals surface area contributed by atoms with E-state index >= 15 is 0 Å². The maximum absolute atomic E-state index is 12.5. The molecule has 0 bridgehead atoms. The highest BCUT2D eigenvalue weighted by atomic mass is 32.2. The zero-order chi connectivity index (χ0) is 21.7. The quantitative estimate of drug-likeness (QED) is 0.673. The number of nitrogens with one attached hydrogen (secondary N) is 2. The third-order valence-electron chi connectivity index (χ3n) is 5.59. The number of amides is 2. The van der Waals surface area contributed by atoms with E-state index in [4.69, 9.17) is 4.74 Å². The van der Waals surface area contributed by atoms with Crippen molar-refractivity contribution in [3.8, 4) is 0 Å². The first-order valence-corrected chi connectivity index (χ1v) is 12.1. The lowest BCUT2D eigenvalue weighted by Crippen LogP contribution is -2.47. The Labute approximate surface area is 178 Å². The van der Waals surface area contributed by atoms with Gasteiger partial charge in [-0.3, -0.25) is 9.59 Å². The summed E-state index contributed by atoms with van der Waals surface area (Å²) < 4.78 is 32.8. The highest BCUT2D eigenvalue weighted by Gasteiger charge is 2.25. The van der Waals surface area contributed by atoms with E-state index in [1.165, 1.54) is 24.3 Å². The number of ether oxygens (including phenoxy) is 1. The Morgan fingerprint density at radius 3 is 2.37 bits per heavy atom. The molecule has 2 aliphatic rings. The molecule has 3 rings (SSSR count). The van der Waals surface area contributed by atoms with E-state index < -0.39 is 10.0 Å². The lowest BCUT2D eigenvalue weighted by atomic mass is 10.0. The molecule has 2 fully saturated rings. The van der Waals surface area contributed by atoms with Crippen LogP contribution in [0.4, 0.5) is 0 Å². The number of likely N-dealkylation sites (tertiary alicyclic amines) is 1. The fraction of sp³-hybridized carbons (Fsp3) is 0.619. The van der Waals surface area contributed by atoms with Crippen molar-refractivity contribution >= 4 is 21.8 Å². The Morgan fingerprint density at radius 2 is 1.80 bits per heavy atom. The lowest BCUT2D eigenvalue weighted by molar-refractivity contribution is -0.135. The second-order valence-electron chi connectivity index (χ2n) is 8.24. The Hall–Kier alpha value is -1.97. The summed E-state index contributed by atoms with van der Waals surface area (Å²) in [5.41, 5.74) is 0.411. The fourth-order valence-corrected chi connectivity index (χ4v) is 4.82. The maximum Gasteiger partial charge on any atom is 0.251 e. The van der Waals surface area contributed by atoms with Crippen LogP contribution in [0.3, 0.4) is 0 Å². The van der Waals surface area contributed by atoms with Crippen molar-refractivity contribution in [1.82, 2.24) is 14.9 Å². The molecule has 2 aliphatic heterocycles. The van der Waals surface area contributed by atoms with Crippen LogP contribution >= 0.6 is 0 Å². The number of nitrogens with zero attached hydrogens (tertiary/aromatic N) is 1. The van der Waals surface area contributed by atoms with Crippen molar-refractivity contribution in [3.05, 3.63) is 29.8 Å². The van der Waals surface area contributed by atoms with Gasteiger partial charge in [-0.1, -0.05) is 13.8 Å². The van der Waals surface area contributed by atoms with E-state index in [0.717, 1.165) is 12.8 Å². The topological polar surface area (TPSA) is 105 Å². The van der Waals surface area contributed by atoms with Gasteiger partial charge in [0.05, 0.1) is 11.0 Å². The molecule has 30 heavy (non-hydrogen) atoms. The second-order valence-corrected chi connectivity index (χ2v) is 10.0. The number of benzene rings is 1. The van der Waals surface area contributed by atoms with E-state index in [-0.39, 0.29) is 41.3 Å². The first-order chi connectivity index (χ1) is 14.3. The van der Waals surface area contributed by atoms with Crippen LogP contribution in [0.2, 0.25) is 0 Å². The molecule has 166 valence electrons. The van der Waals surface area contributed by atoms with Gasteiger partial charge in [-0.25, -0.2) is 13.1 Å². The average Bonchev–Trinajstić information content (AvgIpc) is 3.26. The molecular formula is C21H31N3O5S. The van der Waals surface area contributed by atoms with Crippen molar-refractivity contribution in [3.63, 3.8) is 0 Å². The number of rotatable bonds is 7. The molecule has 1 atom stereocenters. The average molecular weight is 438 g/mol. The minimum absolute atomic E-state index is 0.00481. The SMILES string of the molecule is CC(C)C(=O)N1CCC(NC(=O)c2ccc(S(=O)(=O)NCC3CCCO3)cc2)CC1. The van der Waals surface area contributed by atoms with Crippen LogP contribution in [-0.4, -0.2) is 63.5 Å². The van der Waals surface area contributed by atoms with Gasteiger partial charge in [0.15, 0.2) is 0 Å². The minimum Gasteiger partial charge on any atom is -0.377 e. The zero-order valence-corrected chi connectivity index (χ0v) is 18.4. The zero-order valence-electron chi connectivity index (χ0n) is 17.6. The summed E-state index contributed by atoms with van der Waals surface area (Å²) in [6, 6.07) is 5.93. The van der Waals surface area contributed by atoms with E-state index in [9.17, 15) is 18.0 Å². The van der Waals surface area contributed by atoms with E-state index in [2.05, 4.69) is 10.0 Å². The van der Waals surface area contributed by atoms with Crippen LogP contribution in [-0.2, 0) is 19.6 Å². The number of carbonyl (C=O) groups is 2. The molecule has 0 aliphatic carbocycles. The normalized spacial score (nSPS) is 20.5. The van der Waals surface area contributed by atoms with Gasteiger partial charge in [-0.15, -0.1) is 0 Å².